The van der Waals surface area contributed by atoms with Crippen LogP contribution >= 0.6 is 0 Å². The zero-order valence-corrected chi connectivity index (χ0v) is 13.9. The normalized spacial score (nSPS) is 12.2. The number of anilines is 1. The Morgan fingerprint density at radius 3 is 2.79 bits per heavy atom. The van der Waals surface area contributed by atoms with Gasteiger partial charge in [-0.3, -0.25) is 15.0 Å². The number of hydrogen-bond acceptors (Lipinski definition) is 3. The van der Waals surface area contributed by atoms with Gasteiger partial charge in [-0.15, -0.1) is 0 Å². The molecule has 0 saturated carbocycles. The lowest BCUT2D eigenvalue weighted by molar-refractivity contribution is 0.610. The van der Waals surface area contributed by atoms with Crippen molar-refractivity contribution >= 4 is 17.7 Å². The molecule has 5 heteroatoms. The van der Waals surface area contributed by atoms with E-state index in [2.05, 4.69) is 20.3 Å². The van der Waals surface area contributed by atoms with Gasteiger partial charge in [0.2, 0.25) is 0 Å². The minimum absolute atomic E-state index is 0.241. The summed E-state index contributed by atoms with van der Waals surface area (Å²) in [5, 5.41) is 3.23. The number of nitrogens with one attached hydrogen (secondary N) is 1. The van der Waals surface area contributed by atoms with Crippen LogP contribution < -0.4 is 5.32 Å². The predicted molar refractivity (Wildman–Crippen MR) is 98.1 cm³/mol. The first-order valence-corrected chi connectivity index (χ1v) is 7.77. The molecule has 0 unspecified atom stereocenters. The standard InChI is InChI=1S/C19H21FN4/c1-3-9-21-12-8-19(24-17-6-10-22-11-7-17)23-14-16-13-15(2)4-5-18(16)20/h3-7,9-13H,8,14H2,1-2H3,(H,22,23,24)/b9-3-,21-12-. The maximum Gasteiger partial charge on any atom is 0.128 e. The summed E-state index contributed by atoms with van der Waals surface area (Å²) in [6, 6.07) is 8.75. The van der Waals surface area contributed by atoms with E-state index in [1.54, 1.807) is 30.9 Å². The highest BCUT2D eigenvalue weighted by atomic mass is 19.1. The number of halogens is 1. The molecule has 0 fully saturated rings. The third-order valence-corrected chi connectivity index (χ3v) is 3.24. The van der Waals surface area contributed by atoms with Crippen molar-refractivity contribution in [2.75, 3.05) is 5.32 Å². The zero-order chi connectivity index (χ0) is 17.2. The van der Waals surface area contributed by atoms with Crippen LogP contribution in [0.4, 0.5) is 10.1 Å². The Hall–Kier alpha value is -2.82. The number of hydrogen-bond donors (Lipinski definition) is 1. The Morgan fingerprint density at radius 2 is 2.04 bits per heavy atom. The number of pyridine rings is 1. The van der Waals surface area contributed by atoms with Crippen LogP contribution in [-0.2, 0) is 6.54 Å². The summed E-state index contributed by atoms with van der Waals surface area (Å²) in [6.07, 6.45) is 9.26. The summed E-state index contributed by atoms with van der Waals surface area (Å²) in [5.74, 6) is 0.477. The molecule has 2 rings (SSSR count). The van der Waals surface area contributed by atoms with Gasteiger partial charge in [-0.2, -0.15) is 0 Å². The van der Waals surface area contributed by atoms with E-state index in [-0.39, 0.29) is 12.4 Å². The van der Waals surface area contributed by atoms with Gasteiger partial charge in [-0.1, -0.05) is 23.8 Å². The quantitative estimate of drug-likeness (QED) is 0.627. The number of rotatable bonds is 6. The number of aromatic nitrogens is 1. The molecule has 0 radical (unpaired) electrons. The van der Waals surface area contributed by atoms with Crippen LogP contribution in [0.2, 0.25) is 0 Å². The largest absolute Gasteiger partial charge is 0.344 e. The molecule has 0 spiro atoms. The van der Waals surface area contributed by atoms with E-state index in [1.165, 1.54) is 6.07 Å². The van der Waals surface area contributed by atoms with Crippen molar-refractivity contribution in [2.24, 2.45) is 9.98 Å². The summed E-state index contributed by atoms with van der Waals surface area (Å²) in [5.41, 5.74) is 2.47. The Morgan fingerprint density at radius 1 is 1.25 bits per heavy atom. The summed E-state index contributed by atoms with van der Waals surface area (Å²) >= 11 is 0. The molecule has 1 aromatic carbocycles. The Kier molecular flexibility index (Phi) is 6.83. The monoisotopic (exact) mass is 324 g/mol. The smallest absolute Gasteiger partial charge is 0.128 e. The van der Waals surface area contributed by atoms with Gasteiger partial charge in [-0.05, 0) is 32.0 Å². The molecule has 0 amide bonds. The number of nitrogens with zero attached hydrogens (tertiary/aromatic N) is 3. The molecule has 2 aromatic rings. The lowest BCUT2D eigenvalue weighted by Gasteiger charge is -2.09. The first-order valence-electron chi connectivity index (χ1n) is 7.77. The maximum absolute atomic E-state index is 13.9. The van der Waals surface area contributed by atoms with Crippen molar-refractivity contribution in [3.63, 3.8) is 0 Å². The average Bonchev–Trinajstić information content (AvgIpc) is 2.60. The van der Waals surface area contributed by atoms with Gasteiger partial charge in [0.25, 0.3) is 0 Å². The molecule has 1 aromatic heterocycles. The minimum Gasteiger partial charge on any atom is -0.344 e. The summed E-state index contributed by atoms with van der Waals surface area (Å²) in [6.45, 7) is 4.12. The maximum atomic E-state index is 13.9. The molecule has 24 heavy (non-hydrogen) atoms. The molecule has 1 N–H and O–H groups in total. The van der Waals surface area contributed by atoms with Crippen LogP contribution in [0.25, 0.3) is 0 Å². The van der Waals surface area contributed by atoms with Crippen molar-refractivity contribution < 1.29 is 4.39 Å². The van der Waals surface area contributed by atoms with E-state index in [4.69, 9.17) is 0 Å². The van der Waals surface area contributed by atoms with Gasteiger partial charge < -0.3 is 5.32 Å². The van der Waals surface area contributed by atoms with Gasteiger partial charge in [0, 0.05) is 42.5 Å². The van der Waals surface area contributed by atoms with Gasteiger partial charge in [0.15, 0.2) is 0 Å². The number of benzene rings is 1. The number of amidine groups is 1. The minimum atomic E-state index is -0.241. The summed E-state index contributed by atoms with van der Waals surface area (Å²) < 4.78 is 13.9. The fourth-order valence-electron chi connectivity index (χ4n) is 2.05. The van der Waals surface area contributed by atoms with Gasteiger partial charge in [0.05, 0.1) is 6.54 Å². The van der Waals surface area contributed by atoms with Crippen molar-refractivity contribution in [3.8, 4) is 0 Å². The highest BCUT2D eigenvalue weighted by Gasteiger charge is 2.03. The number of allylic oxidation sites excluding steroid dienone is 1. The van der Waals surface area contributed by atoms with Gasteiger partial charge in [0.1, 0.15) is 11.7 Å². The molecular weight excluding hydrogens is 303 g/mol. The molecule has 0 atom stereocenters. The molecule has 1 heterocycles. The first-order chi connectivity index (χ1) is 11.7. The fraction of sp³-hybridized carbons (Fsp3) is 0.211. The second-order valence-electron chi connectivity index (χ2n) is 5.24. The fourth-order valence-corrected chi connectivity index (χ4v) is 2.05. The van der Waals surface area contributed by atoms with Crippen LogP contribution in [-0.4, -0.2) is 17.0 Å². The van der Waals surface area contributed by atoms with E-state index >= 15 is 0 Å². The van der Waals surface area contributed by atoms with E-state index in [0.29, 0.717) is 12.0 Å². The molecule has 0 bridgehead atoms. The Bertz CT molecular complexity index is 736. The van der Waals surface area contributed by atoms with E-state index in [1.807, 2.05) is 38.1 Å². The van der Waals surface area contributed by atoms with Crippen molar-refractivity contribution in [3.05, 3.63) is 71.9 Å². The van der Waals surface area contributed by atoms with E-state index in [0.717, 1.165) is 17.1 Å². The third kappa shape index (κ3) is 5.76. The van der Waals surface area contributed by atoms with Crippen LogP contribution in [0.15, 0.2) is 65.0 Å². The average molecular weight is 324 g/mol. The second-order valence-corrected chi connectivity index (χ2v) is 5.24. The highest BCUT2D eigenvalue weighted by Crippen LogP contribution is 2.12. The van der Waals surface area contributed by atoms with Crippen LogP contribution in [0.3, 0.4) is 0 Å². The zero-order valence-electron chi connectivity index (χ0n) is 13.9. The SMILES string of the molecule is C/C=C\N=C/C/C(=N\Cc1cc(C)ccc1F)Nc1ccncc1. The van der Waals surface area contributed by atoms with Gasteiger partial charge in [-0.25, -0.2) is 4.39 Å². The molecule has 0 aliphatic heterocycles. The topological polar surface area (TPSA) is 49.6 Å². The van der Waals surface area contributed by atoms with E-state index in [9.17, 15) is 4.39 Å². The van der Waals surface area contributed by atoms with Crippen LogP contribution in [0, 0.1) is 12.7 Å². The number of aryl methyl sites for hydroxylation is 1. The summed E-state index contributed by atoms with van der Waals surface area (Å²) in [7, 11) is 0. The third-order valence-electron chi connectivity index (χ3n) is 3.24. The number of aliphatic imine (C=N–C) groups is 2. The van der Waals surface area contributed by atoms with Gasteiger partial charge >= 0.3 is 0 Å². The Labute approximate surface area is 141 Å². The van der Waals surface area contributed by atoms with Crippen molar-refractivity contribution in [1.82, 2.24) is 4.98 Å². The first kappa shape index (κ1) is 17.5. The Balaban J connectivity index is 2.15. The second kappa shape index (κ2) is 9.35. The van der Waals surface area contributed by atoms with Crippen molar-refractivity contribution in [1.29, 1.82) is 0 Å². The van der Waals surface area contributed by atoms with Crippen molar-refractivity contribution in [2.45, 2.75) is 26.8 Å². The molecule has 0 aliphatic carbocycles. The van der Waals surface area contributed by atoms with Crippen LogP contribution in [0.1, 0.15) is 24.5 Å². The highest BCUT2D eigenvalue weighted by molar-refractivity contribution is 6.02. The summed E-state index contributed by atoms with van der Waals surface area (Å²) in [4.78, 5) is 12.7. The van der Waals surface area contributed by atoms with E-state index < -0.39 is 0 Å². The molecule has 124 valence electrons. The molecular formula is C19H21FN4. The molecule has 0 saturated heterocycles. The van der Waals surface area contributed by atoms with Crippen LogP contribution in [0.5, 0.6) is 0 Å². The molecule has 4 nitrogen and oxygen atoms in total. The molecule has 0 aliphatic rings. The lowest BCUT2D eigenvalue weighted by Crippen LogP contribution is -2.13. The lowest BCUT2D eigenvalue weighted by atomic mass is 10.1. The predicted octanol–water partition coefficient (Wildman–Crippen LogP) is 4.53.